The highest BCUT2D eigenvalue weighted by Gasteiger charge is 2.16. The van der Waals surface area contributed by atoms with Gasteiger partial charge in [0.15, 0.2) is 5.96 Å². The molecule has 6 heteroatoms. The summed E-state index contributed by atoms with van der Waals surface area (Å²) < 4.78 is 0. The Kier molecular flexibility index (Phi) is 9.70. The Bertz CT molecular complexity index is 469. The number of nitrogens with two attached hydrogens (primary N) is 1. The summed E-state index contributed by atoms with van der Waals surface area (Å²) in [5, 5.41) is 2.98. The summed E-state index contributed by atoms with van der Waals surface area (Å²) in [6.07, 6.45) is 2.82. The van der Waals surface area contributed by atoms with Crippen LogP contribution in [-0.2, 0) is 0 Å². The van der Waals surface area contributed by atoms with E-state index in [0.29, 0.717) is 12.5 Å². The molecule has 0 spiro atoms. The highest BCUT2D eigenvalue weighted by atomic mass is 127. The van der Waals surface area contributed by atoms with Gasteiger partial charge in [-0.3, -0.25) is 9.89 Å². The molecule has 1 heterocycles. The molecule has 0 radical (unpaired) electrons. The van der Waals surface area contributed by atoms with Gasteiger partial charge in [-0.15, -0.1) is 30.6 Å². The van der Waals surface area contributed by atoms with Gasteiger partial charge in [0.05, 0.1) is 0 Å². The van der Waals surface area contributed by atoms with E-state index < -0.39 is 0 Å². The van der Waals surface area contributed by atoms with Crippen LogP contribution >= 0.6 is 24.0 Å². The first-order chi connectivity index (χ1) is 10.8. The largest absolute Gasteiger partial charge is 0.370 e. The lowest BCUT2D eigenvalue weighted by molar-refractivity contribution is 0.256. The molecule has 23 heavy (non-hydrogen) atoms. The Labute approximate surface area is 156 Å². The second-order valence-electron chi connectivity index (χ2n) is 5.45. The van der Waals surface area contributed by atoms with Crippen molar-refractivity contribution in [3.63, 3.8) is 0 Å². The van der Waals surface area contributed by atoms with Gasteiger partial charge in [-0.2, -0.15) is 0 Å². The van der Waals surface area contributed by atoms with Gasteiger partial charge in [-0.05, 0) is 18.6 Å². The average Bonchev–Trinajstić information content (AvgIpc) is 2.58. The third kappa shape index (κ3) is 7.22. The number of piperazine rings is 1. The molecule has 1 aromatic carbocycles. The van der Waals surface area contributed by atoms with Crippen LogP contribution in [0.4, 0.5) is 5.69 Å². The molecule has 0 amide bonds. The summed E-state index contributed by atoms with van der Waals surface area (Å²) >= 11 is 0. The first-order valence-electron chi connectivity index (χ1n) is 7.96. The number of para-hydroxylation sites is 1. The van der Waals surface area contributed by atoms with Gasteiger partial charge in [0.1, 0.15) is 0 Å². The number of anilines is 1. The number of benzene rings is 1. The van der Waals surface area contributed by atoms with Crippen molar-refractivity contribution in [2.75, 3.05) is 50.7 Å². The van der Waals surface area contributed by atoms with Crippen LogP contribution in [0.2, 0.25) is 0 Å². The van der Waals surface area contributed by atoms with E-state index in [1.165, 1.54) is 5.69 Å². The van der Waals surface area contributed by atoms with Crippen LogP contribution in [0.1, 0.15) is 6.42 Å². The van der Waals surface area contributed by atoms with Crippen LogP contribution in [0.3, 0.4) is 0 Å². The number of hydrogen-bond acceptors (Lipinski definition) is 3. The summed E-state index contributed by atoms with van der Waals surface area (Å²) in [4.78, 5) is 9.26. The van der Waals surface area contributed by atoms with Crippen LogP contribution in [0, 0.1) is 0 Å². The minimum absolute atomic E-state index is 0. The highest BCUT2D eigenvalue weighted by Crippen LogP contribution is 2.15. The Hall–Kier alpha value is -1.28. The number of nitrogens with one attached hydrogen (secondary N) is 1. The van der Waals surface area contributed by atoms with Gasteiger partial charge < -0.3 is 16.0 Å². The fourth-order valence-corrected chi connectivity index (χ4v) is 2.59. The molecule has 3 N–H and O–H groups in total. The second kappa shape index (κ2) is 11.3. The van der Waals surface area contributed by atoms with E-state index in [4.69, 9.17) is 5.73 Å². The zero-order valence-corrected chi connectivity index (χ0v) is 16.0. The molecule has 0 unspecified atom stereocenters. The van der Waals surface area contributed by atoms with E-state index >= 15 is 0 Å². The zero-order valence-electron chi connectivity index (χ0n) is 13.7. The summed E-state index contributed by atoms with van der Waals surface area (Å²) in [6, 6.07) is 10.6. The molecular formula is C17H28IN5. The van der Waals surface area contributed by atoms with Crippen LogP contribution in [0.5, 0.6) is 0 Å². The van der Waals surface area contributed by atoms with Gasteiger partial charge in [0.2, 0.25) is 0 Å². The second-order valence-corrected chi connectivity index (χ2v) is 5.45. The molecule has 0 bridgehead atoms. The van der Waals surface area contributed by atoms with Crippen LogP contribution in [0.15, 0.2) is 48.0 Å². The van der Waals surface area contributed by atoms with Gasteiger partial charge in [0.25, 0.3) is 0 Å². The zero-order chi connectivity index (χ0) is 15.6. The van der Waals surface area contributed by atoms with Crippen molar-refractivity contribution in [2.24, 2.45) is 10.7 Å². The van der Waals surface area contributed by atoms with Crippen molar-refractivity contribution >= 4 is 35.6 Å². The van der Waals surface area contributed by atoms with E-state index in [0.717, 1.165) is 45.7 Å². The van der Waals surface area contributed by atoms with Crippen molar-refractivity contribution in [3.8, 4) is 0 Å². The fraction of sp³-hybridized carbons (Fsp3) is 0.471. The van der Waals surface area contributed by atoms with E-state index in [2.05, 4.69) is 57.0 Å². The standard InChI is InChI=1S/C17H27N5.HI/c1-2-9-19-17(18)20-10-6-11-21-12-14-22(15-13-21)16-7-4-3-5-8-16;/h2-5,7-8H,1,6,9-15H2,(H3,18,19,20);1H. The van der Waals surface area contributed by atoms with Crippen LogP contribution < -0.4 is 16.0 Å². The molecule has 0 aromatic heterocycles. The monoisotopic (exact) mass is 429 g/mol. The SMILES string of the molecule is C=CCNC(N)=NCCCN1CCN(c2ccccc2)CC1.I. The first-order valence-corrected chi connectivity index (χ1v) is 7.96. The molecule has 1 aliphatic rings. The summed E-state index contributed by atoms with van der Waals surface area (Å²) in [6.45, 7) is 10.6. The van der Waals surface area contributed by atoms with E-state index in [1.54, 1.807) is 6.08 Å². The molecule has 0 saturated carbocycles. The lowest BCUT2D eigenvalue weighted by Gasteiger charge is -2.36. The predicted octanol–water partition coefficient (Wildman–Crippen LogP) is 1.91. The quantitative estimate of drug-likeness (QED) is 0.229. The first kappa shape index (κ1) is 19.8. The Balaban J connectivity index is 0.00000264. The highest BCUT2D eigenvalue weighted by molar-refractivity contribution is 14.0. The summed E-state index contributed by atoms with van der Waals surface area (Å²) in [5.41, 5.74) is 7.06. The number of halogens is 1. The maximum Gasteiger partial charge on any atom is 0.188 e. The number of hydrogen-bond donors (Lipinski definition) is 2. The third-order valence-electron chi connectivity index (χ3n) is 3.84. The Morgan fingerprint density at radius 3 is 2.57 bits per heavy atom. The van der Waals surface area contributed by atoms with Crippen LogP contribution in [-0.4, -0.2) is 56.7 Å². The van der Waals surface area contributed by atoms with E-state index in [1.807, 2.05) is 0 Å². The minimum Gasteiger partial charge on any atom is -0.370 e. The smallest absolute Gasteiger partial charge is 0.188 e. The van der Waals surface area contributed by atoms with E-state index in [-0.39, 0.29) is 24.0 Å². The molecule has 0 atom stereocenters. The number of aliphatic imine (C=N–C) groups is 1. The minimum atomic E-state index is 0. The molecule has 0 aliphatic carbocycles. The molecule has 128 valence electrons. The summed E-state index contributed by atoms with van der Waals surface area (Å²) in [5.74, 6) is 0.508. The lowest BCUT2D eigenvalue weighted by Crippen LogP contribution is -2.46. The maximum absolute atomic E-state index is 5.73. The average molecular weight is 429 g/mol. The van der Waals surface area contributed by atoms with Crippen molar-refractivity contribution in [2.45, 2.75) is 6.42 Å². The fourth-order valence-electron chi connectivity index (χ4n) is 2.59. The molecule has 1 fully saturated rings. The van der Waals surface area contributed by atoms with Crippen molar-refractivity contribution < 1.29 is 0 Å². The molecule has 2 rings (SSSR count). The normalized spacial score (nSPS) is 15.8. The topological polar surface area (TPSA) is 56.9 Å². The Morgan fingerprint density at radius 1 is 1.22 bits per heavy atom. The number of rotatable bonds is 7. The van der Waals surface area contributed by atoms with E-state index in [9.17, 15) is 0 Å². The van der Waals surface area contributed by atoms with Gasteiger partial charge >= 0.3 is 0 Å². The Morgan fingerprint density at radius 2 is 1.91 bits per heavy atom. The molecule has 1 saturated heterocycles. The molecule has 5 nitrogen and oxygen atoms in total. The van der Waals surface area contributed by atoms with Gasteiger partial charge in [-0.1, -0.05) is 24.3 Å². The van der Waals surface area contributed by atoms with Crippen molar-refractivity contribution in [1.29, 1.82) is 0 Å². The van der Waals surface area contributed by atoms with Gasteiger partial charge in [0, 0.05) is 51.5 Å². The van der Waals surface area contributed by atoms with Crippen molar-refractivity contribution in [3.05, 3.63) is 43.0 Å². The van der Waals surface area contributed by atoms with Crippen LogP contribution in [0.25, 0.3) is 0 Å². The third-order valence-corrected chi connectivity index (χ3v) is 3.84. The lowest BCUT2D eigenvalue weighted by atomic mass is 10.2. The van der Waals surface area contributed by atoms with Gasteiger partial charge in [-0.25, -0.2) is 0 Å². The molecular weight excluding hydrogens is 401 g/mol. The maximum atomic E-state index is 5.73. The molecule has 1 aliphatic heterocycles. The number of guanidine groups is 1. The van der Waals surface area contributed by atoms with Crippen molar-refractivity contribution in [1.82, 2.24) is 10.2 Å². The summed E-state index contributed by atoms with van der Waals surface area (Å²) in [7, 11) is 0. The number of nitrogens with zero attached hydrogens (tertiary/aromatic N) is 3. The predicted molar refractivity (Wildman–Crippen MR) is 110 cm³/mol. The molecule has 1 aromatic rings.